The van der Waals surface area contributed by atoms with E-state index in [0.29, 0.717) is 11.6 Å². The Morgan fingerprint density at radius 3 is 2.73 bits per heavy atom. The van der Waals surface area contributed by atoms with Crippen LogP contribution in [-0.2, 0) is 0 Å². The largest absolute Gasteiger partial charge is 0.361 e. The normalized spacial score (nSPS) is 12.7. The molecule has 0 bridgehead atoms. The molecule has 2 N–H and O–H groups in total. The number of rotatable bonds is 5. The van der Waals surface area contributed by atoms with E-state index in [4.69, 9.17) is 0 Å². The lowest BCUT2D eigenvalue weighted by Crippen LogP contribution is -2.15. The van der Waals surface area contributed by atoms with Gasteiger partial charge in [-0.25, -0.2) is 15.0 Å². The molecule has 0 saturated heterocycles. The van der Waals surface area contributed by atoms with Crippen molar-refractivity contribution in [3.63, 3.8) is 0 Å². The predicted molar refractivity (Wildman–Crippen MR) is 88.7 cm³/mol. The van der Waals surface area contributed by atoms with Crippen molar-refractivity contribution in [3.05, 3.63) is 48.0 Å². The Kier molecular flexibility index (Phi) is 4.04. The number of nitrogens with zero attached hydrogens (tertiary/aromatic N) is 3. The Bertz CT molecular complexity index is 762. The summed E-state index contributed by atoms with van der Waals surface area (Å²) in [6.45, 7) is 6.62. The number of aromatic nitrogens is 4. The number of anilines is 1. The SMILES string of the molecule is Cc1ccccc1C(CC(C)C)Nc1ncnc2nc[nH]c12. The van der Waals surface area contributed by atoms with Gasteiger partial charge in [-0.3, -0.25) is 0 Å². The molecule has 5 nitrogen and oxygen atoms in total. The lowest BCUT2D eigenvalue weighted by atomic mass is 9.94. The van der Waals surface area contributed by atoms with E-state index < -0.39 is 0 Å². The van der Waals surface area contributed by atoms with Gasteiger partial charge in [0.05, 0.1) is 12.4 Å². The van der Waals surface area contributed by atoms with Crippen LogP contribution >= 0.6 is 0 Å². The van der Waals surface area contributed by atoms with Crippen molar-refractivity contribution in [2.45, 2.75) is 33.2 Å². The zero-order valence-electron chi connectivity index (χ0n) is 13.2. The van der Waals surface area contributed by atoms with Crippen LogP contribution in [0, 0.1) is 12.8 Å². The number of aryl methyl sites for hydroxylation is 1. The van der Waals surface area contributed by atoms with Gasteiger partial charge in [0.25, 0.3) is 0 Å². The molecule has 3 aromatic rings. The number of hydrogen-bond donors (Lipinski definition) is 2. The van der Waals surface area contributed by atoms with E-state index in [0.717, 1.165) is 17.8 Å². The maximum absolute atomic E-state index is 4.39. The van der Waals surface area contributed by atoms with Crippen molar-refractivity contribution in [3.8, 4) is 0 Å². The van der Waals surface area contributed by atoms with Gasteiger partial charge in [0.1, 0.15) is 11.8 Å². The van der Waals surface area contributed by atoms with Crippen molar-refractivity contribution in [1.29, 1.82) is 0 Å². The maximum Gasteiger partial charge on any atom is 0.182 e. The van der Waals surface area contributed by atoms with Gasteiger partial charge in [-0.2, -0.15) is 0 Å². The number of fused-ring (bicyclic) bond motifs is 1. The minimum Gasteiger partial charge on any atom is -0.361 e. The fourth-order valence-electron chi connectivity index (χ4n) is 2.75. The maximum atomic E-state index is 4.39. The third-order valence-electron chi connectivity index (χ3n) is 3.80. The van der Waals surface area contributed by atoms with Crippen LogP contribution < -0.4 is 5.32 Å². The van der Waals surface area contributed by atoms with E-state index in [-0.39, 0.29) is 6.04 Å². The summed E-state index contributed by atoms with van der Waals surface area (Å²) in [7, 11) is 0. The first-order valence-corrected chi connectivity index (χ1v) is 7.61. The predicted octanol–water partition coefficient (Wildman–Crippen LogP) is 3.86. The lowest BCUT2D eigenvalue weighted by Gasteiger charge is -2.23. The summed E-state index contributed by atoms with van der Waals surface area (Å²) >= 11 is 0. The molecule has 0 spiro atoms. The molecule has 0 aliphatic rings. The molecule has 0 aliphatic carbocycles. The topological polar surface area (TPSA) is 66.5 Å². The fraction of sp³-hybridized carbons (Fsp3) is 0.353. The Labute approximate surface area is 130 Å². The highest BCUT2D eigenvalue weighted by molar-refractivity contribution is 5.82. The van der Waals surface area contributed by atoms with E-state index >= 15 is 0 Å². The molecule has 1 aromatic carbocycles. The summed E-state index contributed by atoms with van der Waals surface area (Å²) in [6, 6.07) is 8.70. The molecule has 114 valence electrons. The van der Waals surface area contributed by atoms with Crippen molar-refractivity contribution in [2.24, 2.45) is 5.92 Å². The smallest absolute Gasteiger partial charge is 0.182 e. The highest BCUT2D eigenvalue weighted by Gasteiger charge is 2.17. The fourth-order valence-corrected chi connectivity index (χ4v) is 2.75. The molecule has 0 fully saturated rings. The second kappa shape index (κ2) is 6.13. The van der Waals surface area contributed by atoms with Crippen LogP contribution in [0.3, 0.4) is 0 Å². The van der Waals surface area contributed by atoms with E-state index in [1.165, 1.54) is 11.1 Å². The van der Waals surface area contributed by atoms with Gasteiger partial charge in [0.2, 0.25) is 0 Å². The third kappa shape index (κ3) is 2.93. The van der Waals surface area contributed by atoms with Gasteiger partial charge >= 0.3 is 0 Å². The molecule has 0 radical (unpaired) electrons. The summed E-state index contributed by atoms with van der Waals surface area (Å²) in [5, 5.41) is 3.57. The second-order valence-electron chi connectivity index (χ2n) is 6.01. The van der Waals surface area contributed by atoms with E-state index in [1.807, 2.05) is 0 Å². The molecule has 0 aliphatic heterocycles. The average Bonchev–Trinajstić information content (AvgIpc) is 2.96. The van der Waals surface area contributed by atoms with Crippen LogP contribution in [0.25, 0.3) is 11.2 Å². The number of nitrogens with one attached hydrogen (secondary N) is 2. The average molecular weight is 295 g/mol. The molecule has 0 amide bonds. The molecule has 2 heterocycles. The number of H-pyrrole nitrogens is 1. The molecule has 2 aromatic heterocycles. The molecular weight excluding hydrogens is 274 g/mol. The van der Waals surface area contributed by atoms with Gasteiger partial charge in [0, 0.05) is 0 Å². The first-order valence-electron chi connectivity index (χ1n) is 7.61. The zero-order chi connectivity index (χ0) is 15.5. The number of aromatic amines is 1. The van der Waals surface area contributed by atoms with Crippen molar-refractivity contribution >= 4 is 17.0 Å². The highest BCUT2D eigenvalue weighted by Crippen LogP contribution is 2.29. The third-order valence-corrected chi connectivity index (χ3v) is 3.80. The summed E-state index contributed by atoms with van der Waals surface area (Å²) in [4.78, 5) is 15.9. The van der Waals surface area contributed by atoms with Crippen LogP contribution in [-0.4, -0.2) is 19.9 Å². The number of imidazole rings is 1. The first-order chi connectivity index (χ1) is 10.6. The molecular formula is C17H21N5. The summed E-state index contributed by atoms with van der Waals surface area (Å²) in [5.41, 5.74) is 4.13. The van der Waals surface area contributed by atoms with Gasteiger partial charge in [-0.15, -0.1) is 0 Å². The number of benzene rings is 1. The summed E-state index contributed by atoms with van der Waals surface area (Å²) in [6.07, 6.45) is 4.23. The van der Waals surface area contributed by atoms with Crippen LogP contribution in [0.2, 0.25) is 0 Å². The zero-order valence-corrected chi connectivity index (χ0v) is 13.2. The van der Waals surface area contributed by atoms with Gasteiger partial charge in [-0.05, 0) is 30.4 Å². The minimum absolute atomic E-state index is 0.211. The first kappa shape index (κ1) is 14.5. The lowest BCUT2D eigenvalue weighted by molar-refractivity contribution is 0.529. The molecule has 3 rings (SSSR count). The van der Waals surface area contributed by atoms with E-state index in [9.17, 15) is 0 Å². The quantitative estimate of drug-likeness (QED) is 0.750. The Balaban J connectivity index is 1.97. The monoisotopic (exact) mass is 295 g/mol. The molecule has 1 atom stereocenters. The van der Waals surface area contributed by atoms with Crippen LogP contribution in [0.4, 0.5) is 5.82 Å². The van der Waals surface area contributed by atoms with Gasteiger partial charge in [-0.1, -0.05) is 38.1 Å². The second-order valence-corrected chi connectivity index (χ2v) is 6.01. The molecule has 22 heavy (non-hydrogen) atoms. The van der Waals surface area contributed by atoms with E-state index in [2.05, 4.69) is 70.3 Å². The molecule has 5 heteroatoms. The summed E-state index contributed by atoms with van der Waals surface area (Å²) < 4.78 is 0. The Hall–Kier alpha value is -2.43. The summed E-state index contributed by atoms with van der Waals surface area (Å²) in [5.74, 6) is 1.38. The number of hydrogen-bond acceptors (Lipinski definition) is 4. The van der Waals surface area contributed by atoms with Crippen LogP contribution in [0.5, 0.6) is 0 Å². The highest BCUT2D eigenvalue weighted by atomic mass is 15.1. The van der Waals surface area contributed by atoms with Gasteiger partial charge in [0.15, 0.2) is 11.5 Å². The molecule has 1 unspecified atom stereocenters. The van der Waals surface area contributed by atoms with Gasteiger partial charge < -0.3 is 10.3 Å². The standard InChI is InChI=1S/C17H21N5/c1-11(2)8-14(13-7-5-4-6-12(13)3)22-17-15-16(19-9-18-15)20-10-21-17/h4-7,9-11,14H,8H2,1-3H3,(H2,18,19,20,21,22). The molecule has 0 saturated carbocycles. The van der Waals surface area contributed by atoms with Crippen molar-refractivity contribution in [1.82, 2.24) is 19.9 Å². The van der Waals surface area contributed by atoms with Crippen LogP contribution in [0.1, 0.15) is 37.4 Å². The Morgan fingerprint density at radius 1 is 1.14 bits per heavy atom. The van der Waals surface area contributed by atoms with Crippen molar-refractivity contribution < 1.29 is 0 Å². The Morgan fingerprint density at radius 2 is 1.95 bits per heavy atom. The van der Waals surface area contributed by atoms with Crippen LogP contribution in [0.15, 0.2) is 36.9 Å². The minimum atomic E-state index is 0.211. The van der Waals surface area contributed by atoms with Crippen molar-refractivity contribution in [2.75, 3.05) is 5.32 Å². The van der Waals surface area contributed by atoms with E-state index in [1.54, 1.807) is 12.7 Å².